The summed E-state index contributed by atoms with van der Waals surface area (Å²) >= 11 is 0. The number of para-hydroxylation sites is 2. The molecule has 124 valence electrons. The van der Waals surface area contributed by atoms with Crippen molar-refractivity contribution >= 4 is 16.9 Å². The zero-order valence-electron chi connectivity index (χ0n) is 12.4. The zero-order valence-corrected chi connectivity index (χ0v) is 12.4. The number of alkyl halides is 3. The Balaban J connectivity index is 1.82. The largest absolute Gasteiger partial charge is 0.449 e. The second kappa shape index (κ2) is 6.19. The fraction of sp³-hybridized carbons (Fsp3) is 0.467. The molecule has 1 aromatic carbocycles. The molecule has 8 heteroatoms. The SMILES string of the molecule is O=C(CCn1c(C(F)(F)F)nc2ccccc21)N1CCNCC1. The molecular weight excluding hydrogens is 309 g/mol. The molecule has 3 rings (SSSR count). The van der Waals surface area contributed by atoms with Gasteiger partial charge in [-0.05, 0) is 12.1 Å². The van der Waals surface area contributed by atoms with Gasteiger partial charge in [-0.25, -0.2) is 4.98 Å². The van der Waals surface area contributed by atoms with Crippen molar-refractivity contribution in [1.82, 2.24) is 19.8 Å². The molecule has 2 heterocycles. The van der Waals surface area contributed by atoms with Gasteiger partial charge in [0.05, 0.1) is 11.0 Å². The predicted molar refractivity (Wildman–Crippen MR) is 78.8 cm³/mol. The number of fused-ring (bicyclic) bond motifs is 1. The minimum absolute atomic E-state index is 0.0296. The highest BCUT2D eigenvalue weighted by Crippen LogP contribution is 2.31. The number of hydrogen-bond acceptors (Lipinski definition) is 3. The van der Waals surface area contributed by atoms with Crippen LogP contribution in [0.2, 0.25) is 0 Å². The molecular formula is C15H17F3N4O. The lowest BCUT2D eigenvalue weighted by molar-refractivity contribution is -0.147. The molecule has 23 heavy (non-hydrogen) atoms. The van der Waals surface area contributed by atoms with E-state index in [0.29, 0.717) is 31.7 Å². The van der Waals surface area contributed by atoms with Crippen molar-refractivity contribution in [3.8, 4) is 0 Å². The minimum atomic E-state index is -4.54. The highest BCUT2D eigenvalue weighted by Gasteiger charge is 2.37. The van der Waals surface area contributed by atoms with Gasteiger partial charge in [0.1, 0.15) is 0 Å². The van der Waals surface area contributed by atoms with E-state index < -0.39 is 12.0 Å². The Morgan fingerprint density at radius 2 is 1.91 bits per heavy atom. The van der Waals surface area contributed by atoms with E-state index in [4.69, 9.17) is 0 Å². The molecule has 1 amide bonds. The van der Waals surface area contributed by atoms with Crippen molar-refractivity contribution in [2.45, 2.75) is 19.1 Å². The lowest BCUT2D eigenvalue weighted by Crippen LogP contribution is -2.46. The van der Waals surface area contributed by atoms with Crippen LogP contribution in [0.4, 0.5) is 13.2 Å². The zero-order chi connectivity index (χ0) is 16.4. The van der Waals surface area contributed by atoms with E-state index in [1.54, 1.807) is 29.2 Å². The van der Waals surface area contributed by atoms with Crippen molar-refractivity contribution in [2.75, 3.05) is 26.2 Å². The fourth-order valence-corrected chi connectivity index (χ4v) is 2.80. The fourth-order valence-electron chi connectivity index (χ4n) is 2.80. The number of rotatable bonds is 3. The monoisotopic (exact) mass is 326 g/mol. The van der Waals surface area contributed by atoms with Crippen molar-refractivity contribution in [3.05, 3.63) is 30.1 Å². The number of imidazole rings is 1. The number of piperazine rings is 1. The maximum Gasteiger partial charge on any atom is 0.449 e. The first kappa shape index (κ1) is 15.8. The molecule has 5 nitrogen and oxygen atoms in total. The first-order valence-corrected chi connectivity index (χ1v) is 7.48. The number of nitrogens with zero attached hydrogens (tertiary/aromatic N) is 3. The van der Waals surface area contributed by atoms with Crippen LogP contribution >= 0.6 is 0 Å². The number of benzene rings is 1. The Bertz CT molecular complexity index is 704. The van der Waals surface area contributed by atoms with Gasteiger partial charge in [-0.15, -0.1) is 0 Å². The molecule has 0 radical (unpaired) electrons. The van der Waals surface area contributed by atoms with Crippen LogP contribution in [0.1, 0.15) is 12.2 Å². The molecule has 0 bridgehead atoms. The van der Waals surface area contributed by atoms with Crippen LogP contribution in [0.3, 0.4) is 0 Å². The van der Waals surface area contributed by atoms with Crippen LogP contribution < -0.4 is 5.32 Å². The van der Waals surface area contributed by atoms with E-state index in [9.17, 15) is 18.0 Å². The highest BCUT2D eigenvalue weighted by atomic mass is 19.4. The molecule has 0 aliphatic carbocycles. The number of aryl methyl sites for hydroxylation is 1. The molecule has 0 atom stereocenters. The van der Waals surface area contributed by atoms with Gasteiger partial charge >= 0.3 is 6.18 Å². The van der Waals surface area contributed by atoms with Crippen LogP contribution in [0, 0.1) is 0 Å². The van der Waals surface area contributed by atoms with Gasteiger partial charge in [-0.3, -0.25) is 4.79 Å². The summed E-state index contributed by atoms with van der Waals surface area (Å²) in [6.45, 7) is 2.59. The number of aromatic nitrogens is 2. The Hall–Kier alpha value is -2.09. The molecule has 0 spiro atoms. The maximum absolute atomic E-state index is 13.2. The van der Waals surface area contributed by atoms with Gasteiger partial charge in [0.25, 0.3) is 0 Å². The highest BCUT2D eigenvalue weighted by molar-refractivity contribution is 5.78. The Morgan fingerprint density at radius 1 is 1.22 bits per heavy atom. The summed E-state index contributed by atoms with van der Waals surface area (Å²) < 4.78 is 40.6. The average Bonchev–Trinajstić information content (AvgIpc) is 2.92. The van der Waals surface area contributed by atoms with E-state index in [2.05, 4.69) is 10.3 Å². The Kier molecular flexibility index (Phi) is 4.25. The third kappa shape index (κ3) is 3.31. The van der Waals surface area contributed by atoms with Gasteiger partial charge < -0.3 is 14.8 Å². The van der Waals surface area contributed by atoms with E-state index in [0.717, 1.165) is 4.57 Å². The van der Waals surface area contributed by atoms with E-state index in [-0.39, 0.29) is 24.4 Å². The standard InChI is InChI=1S/C15H17F3N4O/c16-15(17,18)14-20-11-3-1-2-4-12(11)22(14)8-5-13(23)21-9-6-19-7-10-21/h1-4,19H,5-10H2. The number of hydrogen-bond donors (Lipinski definition) is 1. The molecule has 0 saturated carbocycles. The van der Waals surface area contributed by atoms with Crippen LogP contribution in [0.5, 0.6) is 0 Å². The van der Waals surface area contributed by atoms with Crippen molar-refractivity contribution in [1.29, 1.82) is 0 Å². The van der Waals surface area contributed by atoms with E-state index in [1.165, 1.54) is 0 Å². The summed E-state index contributed by atoms with van der Waals surface area (Å²) in [5.41, 5.74) is 0.683. The number of carbonyl (C=O) groups is 1. The predicted octanol–water partition coefficient (Wildman–Crippen LogP) is 1.88. The second-order valence-corrected chi connectivity index (χ2v) is 5.45. The number of amides is 1. The van der Waals surface area contributed by atoms with Gasteiger partial charge in [0.15, 0.2) is 0 Å². The van der Waals surface area contributed by atoms with Crippen LogP contribution in [-0.4, -0.2) is 46.5 Å². The average molecular weight is 326 g/mol. The first-order valence-electron chi connectivity index (χ1n) is 7.48. The van der Waals surface area contributed by atoms with Gasteiger partial charge in [0, 0.05) is 39.1 Å². The minimum Gasteiger partial charge on any atom is -0.340 e. The molecule has 1 aliphatic rings. The van der Waals surface area contributed by atoms with Gasteiger partial charge in [-0.1, -0.05) is 12.1 Å². The van der Waals surface area contributed by atoms with Crippen LogP contribution in [0.25, 0.3) is 11.0 Å². The quantitative estimate of drug-likeness (QED) is 0.937. The number of nitrogens with one attached hydrogen (secondary N) is 1. The van der Waals surface area contributed by atoms with E-state index in [1.807, 2.05) is 0 Å². The molecule has 1 saturated heterocycles. The van der Waals surface area contributed by atoms with Crippen molar-refractivity contribution in [3.63, 3.8) is 0 Å². The van der Waals surface area contributed by atoms with Gasteiger partial charge in [-0.2, -0.15) is 13.2 Å². The molecule has 0 unspecified atom stereocenters. The summed E-state index contributed by atoms with van der Waals surface area (Å²) in [6.07, 6.45) is -4.51. The van der Waals surface area contributed by atoms with E-state index >= 15 is 0 Å². The second-order valence-electron chi connectivity index (χ2n) is 5.45. The van der Waals surface area contributed by atoms with Crippen LogP contribution in [-0.2, 0) is 17.5 Å². The summed E-state index contributed by atoms with van der Waals surface area (Å²) in [5.74, 6) is -1.08. The maximum atomic E-state index is 13.2. The third-order valence-corrected chi connectivity index (χ3v) is 3.93. The lowest BCUT2D eigenvalue weighted by Gasteiger charge is -2.27. The number of carbonyl (C=O) groups excluding carboxylic acids is 1. The normalized spacial score (nSPS) is 16.0. The molecule has 2 aromatic rings. The summed E-state index contributed by atoms with van der Waals surface area (Å²) in [5, 5.41) is 3.13. The third-order valence-electron chi connectivity index (χ3n) is 3.93. The summed E-state index contributed by atoms with van der Waals surface area (Å²) in [6, 6.07) is 6.44. The molecule has 1 fully saturated rings. The Morgan fingerprint density at radius 3 is 2.61 bits per heavy atom. The summed E-state index contributed by atoms with van der Waals surface area (Å²) in [4.78, 5) is 17.5. The number of halogens is 3. The topological polar surface area (TPSA) is 50.2 Å². The summed E-state index contributed by atoms with van der Waals surface area (Å²) in [7, 11) is 0. The molecule has 1 aromatic heterocycles. The smallest absolute Gasteiger partial charge is 0.340 e. The molecule has 1 N–H and O–H groups in total. The van der Waals surface area contributed by atoms with Crippen LogP contribution in [0.15, 0.2) is 24.3 Å². The lowest BCUT2D eigenvalue weighted by atomic mass is 10.3. The molecule has 1 aliphatic heterocycles. The Labute approximate surface area is 131 Å². The van der Waals surface area contributed by atoms with Crippen molar-refractivity contribution in [2.24, 2.45) is 0 Å². The first-order chi connectivity index (χ1) is 11.0. The van der Waals surface area contributed by atoms with Crippen molar-refractivity contribution < 1.29 is 18.0 Å². The van der Waals surface area contributed by atoms with Gasteiger partial charge in [0.2, 0.25) is 11.7 Å².